The number of esters is 1. The number of halogens is 1. The lowest BCUT2D eigenvalue weighted by molar-refractivity contribution is -0.142. The number of carbonyl (C=O) groups is 2. The Labute approximate surface area is 145 Å². The molecule has 0 aliphatic rings. The van der Waals surface area contributed by atoms with E-state index < -0.39 is 11.8 Å². The molecule has 2 rings (SSSR count). The summed E-state index contributed by atoms with van der Waals surface area (Å²) < 4.78 is 23.3. The van der Waals surface area contributed by atoms with E-state index in [0.29, 0.717) is 11.3 Å². The Hall–Kier alpha value is -3.15. The van der Waals surface area contributed by atoms with Crippen LogP contribution in [0.15, 0.2) is 54.6 Å². The van der Waals surface area contributed by atoms with Gasteiger partial charge in [0.2, 0.25) is 0 Å². The van der Waals surface area contributed by atoms with E-state index in [0.717, 1.165) is 6.08 Å². The summed E-state index contributed by atoms with van der Waals surface area (Å²) in [5.74, 6) is -1.46. The lowest BCUT2D eigenvalue weighted by atomic mass is 10.2. The van der Waals surface area contributed by atoms with Crippen LogP contribution in [-0.2, 0) is 14.3 Å². The van der Waals surface area contributed by atoms with Gasteiger partial charge in [0.1, 0.15) is 0 Å². The van der Waals surface area contributed by atoms with Crippen LogP contribution in [0.1, 0.15) is 5.56 Å². The Bertz CT molecular complexity index is 774. The van der Waals surface area contributed by atoms with E-state index in [4.69, 9.17) is 9.47 Å². The molecule has 5 nitrogen and oxygen atoms in total. The Morgan fingerprint density at radius 1 is 1.16 bits per heavy atom. The second-order valence-electron chi connectivity index (χ2n) is 5.12. The van der Waals surface area contributed by atoms with Crippen LogP contribution < -0.4 is 9.64 Å². The van der Waals surface area contributed by atoms with Crippen molar-refractivity contribution in [2.45, 2.75) is 0 Å². The van der Waals surface area contributed by atoms with Gasteiger partial charge in [-0.1, -0.05) is 24.3 Å². The number of amides is 1. The van der Waals surface area contributed by atoms with Crippen LogP contribution in [0.2, 0.25) is 0 Å². The summed E-state index contributed by atoms with van der Waals surface area (Å²) in [4.78, 5) is 25.1. The minimum Gasteiger partial charge on any atom is -0.494 e. The van der Waals surface area contributed by atoms with Crippen molar-refractivity contribution < 1.29 is 23.5 Å². The Kier molecular flexibility index (Phi) is 6.28. The molecule has 130 valence electrons. The standard InChI is InChI=1S/C19H18FNO4/c1-21(15-6-4-3-5-7-15)18(22)13-25-19(23)11-9-14-8-10-17(24-2)16(20)12-14/h3-12H,13H2,1-2H3/b11-9+. The van der Waals surface area contributed by atoms with Crippen molar-refractivity contribution in [2.24, 2.45) is 0 Å². The number of ether oxygens (including phenoxy) is 2. The fourth-order valence-electron chi connectivity index (χ4n) is 2.02. The van der Waals surface area contributed by atoms with Crippen LogP contribution in [0.5, 0.6) is 5.75 Å². The summed E-state index contributed by atoms with van der Waals surface area (Å²) in [5, 5.41) is 0. The summed E-state index contributed by atoms with van der Waals surface area (Å²) in [6.45, 7) is -0.383. The zero-order valence-electron chi connectivity index (χ0n) is 13.9. The third-order valence-electron chi connectivity index (χ3n) is 3.44. The van der Waals surface area contributed by atoms with Crippen molar-refractivity contribution in [1.29, 1.82) is 0 Å². The van der Waals surface area contributed by atoms with Crippen LogP contribution in [0, 0.1) is 5.82 Å². The van der Waals surface area contributed by atoms with Gasteiger partial charge in [-0.05, 0) is 35.9 Å². The molecule has 0 saturated carbocycles. The zero-order chi connectivity index (χ0) is 18.2. The molecular formula is C19H18FNO4. The van der Waals surface area contributed by atoms with E-state index in [1.165, 1.54) is 30.2 Å². The molecule has 0 heterocycles. The zero-order valence-corrected chi connectivity index (χ0v) is 13.9. The molecule has 0 bridgehead atoms. The molecule has 0 aromatic heterocycles. The lowest BCUT2D eigenvalue weighted by Gasteiger charge is -2.16. The second kappa shape index (κ2) is 8.63. The number of benzene rings is 2. The molecule has 0 spiro atoms. The smallest absolute Gasteiger partial charge is 0.331 e. The first-order chi connectivity index (χ1) is 12.0. The van der Waals surface area contributed by atoms with Crippen LogP contribution in [0.4, 0.5) is 10.1 Å². The van der Waals surface area contributed by atoms with E-state index in [1.54, 1.807) is 25.2 Å². The molecule has 0 N–H and O–H groups in total. The van der Waals surface area contributed by atoms with E-state index >= 15 is 0 Å². The SMILES string of the molecule is COc1ccc(/C=C/C(=O)OCC(=O)N(C)c2ccccc2)cc1F. The first-order valence-corrected chi connectivity index (χ1v) is 7.51. The highest BCUT2D eigenvalue weighted by molar-refractivity contribution is 5.96. The Balaban J connectivity index is 1.88. The number of anilines is 1. The lowest BCUT2D eigenvalue weighted by Crippen LogP contribution is -2.30. The molecule has 2 aromatic rings. The minimum absolute atomic E-state index is 0.120. The summed E-state index contributed by atoms with van der Waals surface area (Å²) >= 11 is 0. The van der Waals surface area contributed by atoms with Gasteiger partial charge in [-0.3, -0.25) is 4.79 Å². The van der Waals surface area contributed by atoms with Gasteiger partial charge in [0.15, 0.2) is 18.2 Å². The number of hydrogen-bond acceptors (Lipinski definition) is 4. The Morgan fingerprint density at radius 3 is 2.52 bits per heavy atom. The number of rotatable bonds is 6. The molecule has 0 aliphatic carbocycles. The predicted octanol–water partition coefficient (Wildman–Crippen LogP) is 3.05. The summed E-state index contributed by atoms with van der Waals surface area (Å²) in [6, 6.07) is 13.3. The van der Waals surface area contributed by atoms with Gasteiger partial charge < -0.3 is 14.4 Å². The van der Waals surface area contributed by atoms with Gasteiger partial charge >= 0.3 is 5.97 Å². The molecule has 25 heavy (non-hydrogen) atoms. The van der Waals surface area contributed by atoms with Gasteiger partial charge in [0.05, 0.1) is 7.11 Å². The Morgan fingerprint density at radius 2 is 1.88 bits per heavy atom. The topological polar surface area (TPSA) is 55.8 Å². The molecule has 0 aliphatic heterocycles. The third-order valence-corrected chi connectivity index (χ3v) is 3.44. The highest BCUT2D eigenvalue weighted by atomic mass is 19.1. The van der Waals surface area contributed by atoms with Crippen molar-refractivity contribution in [3.8, 4) is 5.75 Å². The molecule has 0 unspecified atom stereocenters. The van der Waals surface area contributed by atoms with Crippen molar-refractivity contribution in [3.05, 3.63) is 66.0 Å². The maximum absolute atomic E-state index is 13.6. The number of methoxy groups -OCH3 is 1. The number of para-hydroxylation sites is 1. The van der Waals surface area contributed by atoms with E-state index in [2.05, 4.69) is 0 Å². The quantitative estimate of drug-likeness (QED) is 0.597. The molecular weight excluding hydrogens is 325 g/mol. The fourth-order valence-corrected chi connectivity index (χ4v) is 2.02. The van der Waals surface area contributed by atoms with Gasteiger partial charge in [-0.25, -0.2) is 9.18 Å². The van der Waals surface area contributed by atoms with Gasteiger partial charge in [0.25, 0.3) is 5.91 Å². The summed E-state index contributed by atoms with van der Waals surface area (Å²) in [6.07, 6.45) is 2.54. The average molecular weight is 343 g/mol. The van der Waals surface area contributed by atoms with Crippen molar-refractivity contribution in [1.82, 2.24) is 0 Å². The molecule has 6 heteroatoms. The van der Waals surface area contributed by atoms with Gasteiger partial charge in [-0.2, -0.15) is 0 Å². The first-order valence-electron chi connectivity index (χ1n) is 7.51. The molecule has 0 radical (unpaired) electrons. The van der Waals surface area contributed by atoms with E-state index in [-0.39, 0.29) is 18.3 Å². The van der Waals surface area contributed by atoms with Crippen LogP contribution >= 0.6 is 0 Å². The normalized spacial score (nSPS) is 10.5. The maximum Gasteiger partial charge on any atom is 0.331 e. The molecule has 1 amide bonds. The number of nitrogens with zero attached hydrogens (tertiary/aromatic N) is 1. The molecule has 0 fully saturated rings. The van der Waals surface area contributed by atoms with Gasteiger partial charge in [-0.15, -0.1) is 0 Å². The summed E-state index contributed by atoms with van der Waals surface area (Å²) in [7, 11) is 2.97. The molecule has 2 aromatic carbocycles. The molecule has 0 saturated heterocycles. The number of hydrogen-bond donors (Lipinski definition) is 0. The van der Waals surface area contributed by atoms with E-state index in [1.807, 2.05) is 18.2 Å². The monoisotopic (exact) mass is 343 g/mol. The van der Waals surface area contributed by atoms with Gasteiger partial charge in [0, 0.05) is 18.8 Å². The first kappa shape index (κ1) is 18.2. The maximum atomic E-state index is 13.6. The van der Waals surface area contributed by atoms with Crippen molar-refractivity contribution in [2.75, 3.05) is 25.7 Å². The second-order valence-corrected chi connectivity index (χ2v) is 5.12. The minimum atomic E-state index is -0.689. The predicted molar refractivity (Wildman–Crippen MR) is 92.8 cm³/mol. The third kappa shape index (κ3) is 5.17. The highest BCUT2D eigenvalue weighted by Crippen LogP contribution is 2.18. The number of likely N-dealkylation sites (N-methyl/N-ethyl adjacent to an activating group) is 1. The van der Waals surface area contributed by atoms with E-state index in [9.17, 15) is 14.0 Å². The molecule has 0 atom stereocenters. The van der Waals surface area contributed by atoms with Crippen molar-refractivity contribution in [3.63, 3.8) is 0 Å². The van der Waals surface area contributed by atoms with Crippen LogP contribution in [-0.4, -0.2) is 32.6 Å². The highest BCUT2D eigenvalue weighted by Gasteiger charge is 2.12. The van der Waals surface area contributed by atoms with Crippen molar-refractivity contribution >= 4 is 23.6 Å². The largest absolute Gasteiger partial charge is 0.494 e. The van der Waals surface area contributed by atoms with Crippen LogP contribution in [0.25, 0.3) is 6.08 Å². The average Bonchev–Trinajstić information content (AvgIpc) is 2.64. The number of carbonyl (C=O) groups excluding carboxylic acids is 2. The summed E-state index contributed by atoms with van der Waals surface area (Å²) in [5.41, 5.74) is 1.18. The van der Waals surface area contributed by atoms with Crippen LogP contribution in [0.3, 0.4) is 0 Å². The fraction of sp³-hybridized carbons (Fsp3) is 0.158.